The van der Waals surface area contributed by atoms with Crippen molar-refractivity contribution in [3.63, 3.8) is 0 Å². The molecule has 1 aromatic rings. The van der Waals surface area contributed by atoms with E-state index in [-0.39, 0.29) is 12.4 Å². The third kappa shape index (κ3) is 6.07. The maximum absolute atomic E-state index is 13.0. The summed E-state index contributed by atoms with van der Waals surface area (Å²) in [7, 11) is -2.20. The van der Waals surface area contributed by atoms with Crippen molar-refractivity contribution in [2.75, 3.05) is 13.6 Å². The molecule has 19 nitrogen and oxygen atoms in total. The van der Waals surface area contributed by atoms with E-state index in [0.29, 0.717) is 16.3 Å². The van der Waals surface area contributed by atoms with Crippen LogP contribution >= 0.6 is 0 Å². The number of aliphatic imine (C=N–C) groups is 1. The summed E-state index contributed by atoms with van der Waals surface area (Å²) in [5.74, 6) is -6.54. The molecule has 41 heavy (non-hydrogen) atoms. The SMILES string of the molecule is CN=C(NOC(=O)[C@H](C)OC(=O)[C@@H](C)C(C)(OC(C)=O)C(=O)O)[C@@H]1c2c(cnn2C)[C@@H]2CN1C(=O)N2OS(=O)(=O)O. The van der Waals surface area contributed by atoms with Crippen molar-refractivity contribution >= 4 is 46.1 Å². The number of amidine groups is 1. The van der Waals surface area contributed by atoms with E-state index in [0.717, 1.165) is 32.6 Å². The highest BCUT2D eigenvalue weighted by Gasteiger charge is 2.53. The monoisotopic (exact) mass is 604 g/mol. The van der Waals surface area contributed by atoms with Gasteiger partial charge in [-0.05, 0) is 20.8 Å². The van der Waals surface area contributed by atoms with Gasteiger partial charge in [-0.1, -0.05) is 0 Å². The average molecular weight is 605 g/mol. The van der Waals surface area contributed by atoms with Crippen molar-refractivity contribution in [1.29, 1.82) is 0 Å². The second kappa shape index (κ2) is 11.3. The van der Waals surface area contributed by atoms with Crippen LogP contribution < -0.4 is 5.48 Å². The Hall–Kier alpha value is -4.30. The van der Waals surface area contributed by atoms with Crippen LogP contribution in [0, 0.1) is 5.92 Å². The van der Waals surface area contributed by atoms with Crippen LogP contribution in [0.4, 0.5) is 4.79 Å². The van der Waals surface area contributed by atoms with E-state index in [4.69, 9.17) is 18.9 Å². The van der Waals surface area contributed by atoms with Gasteiger partial charge in [-0.15, -0.1) is 4.28 Å². The topological polar surface area (TPSA) is 246 Å². The summed E-state index contributed by atoms with van der Waals surface area (Å²) in [5, 5.41) is 14.1. The van der Waals surface area contributed by atoms with Crippen LogP contribution in [0.5, 0.6) is 0 Å². The van der Waals surface area contributed by atoms with Crippen molar-refractivity contribution in [1.82, 2.24) is 25.2 Å². The lowest BCUT2D eigenvalue weighted by Gasteiger charge is -2.32. The Bertz CT molecular complexity index is 1410. The molecular formula is C21H28N6O13S. The summed E-state index contributed by atoms with van der Waals surface area (Å²) in [4.78, 5) is 71.4. The highest BCUT2D eigenvalue weighted by atomic mass is 32.3. The Morgan fingerprint density at radius 2 is 1.88 bits per heavy atom. The minimum Gasteiger partial charge on any atom is -0.478 e. The van der Waals surface area contributed by atoms with Crippen LogP contribution in [0.2, 0.25) is 0 Å². The molecule has 2 aliphatic rings. The normalized spacial score (nSPS) is 21.3. The van der Waals surface area contributed by atoms with Gasteiger partial charge in [-0.2, -0.15) is 18.6 Å². The molecule has 2 aliphatic heterocycles. The first-order chi connectivity index (χ1) is 18.9. The van der Waals surface area contributed by atoms with Gasteiger partial charge in [-0.25, -0.2) is 19.9 Å². The zero-order valence-corrected chi connectivity index (χ0v) is 23.4. The molecule has 20 heteroatoms. The molecule has 5 atom stereocenters. The molecule has 1 unspecified atom stereocenters. The summed E-state index contributed by atoms with van der Waals surface area (Å²) >= 11 is 0. The summed E-state index contributed by atoms with van der Waals surface area (Å²) in [6, 6.07) is -2.99. The number of ether oxygens (including phenoxy) is 2. The van der Waals surface area contributed by atoms with Crippen LogP contribution in [0.25, 0.3) is 0 Å². The molecule has 3 N–H and O–H groups in total. The number of hydroxylamine groups is 3. The van der Waals surface area contributed by atoms with E-state index in [1.165, 1.54) is 17.9 Å². The van der Waals surface area contributed by atoms with Gasteiger partial charge in [0.05, 0.1) is 18.4 Å². The lowest BCUT2D eigenvalue weighted by Crippen LogP contribution is -2.50. The number of aryl methyl sites for hydroxylation is 1. The standard InChI is InChI=1S/C21H28N6O13S/c1-9(21(4,19(31)32)38-11(3)28)17(29)37-10(2)18(30)39-24-16(22-5)15-14-12(7-23-25(14)6)13-8-26(15)20(33)27(13)40-41(34,35)36/h7,9-10,13,15H,8H2,1-6H3,(H,22,24)(H,31,32)(H,34,35,36)/t9-,10+,13+,15+,21?/m1/s1. The van der Waals surface area contributed by atoms with Gasteiger partial charge in [0.1, 0.15) is 18.0 Å². The van der Waals surface area contributed by atoms with Crippen molar-refractivity contribution in [2.45, 2.75) is 51.5 Å². The number of carbonyl (C=O) groups is 5. The Morgan fingerprint density at radius 3 is 2.41 bits per heavy atom. The van der Waals surface area contributed by atoms with E-state index in [9.17, 15) is 37.5 Å². The number of esters is 2. The molecule has 0 radical (unpaired) electrons. The number of nitrogens with zero attached hydrogens (tertiary/aromatic N) is 5. The first-order valence-corrected chi connectivity index (χ1v) is 13.1. The number of hydrogen-bond donors (Lipinski definition) is 3. The number of fused-ring (bicyclic) bond motifs is 4. The minimum atomic E-state index is -5.05. The third-order valence-corrected chi connectivity index (χ3v) is 6.90. The van der Waals surface area contributed by atoms with Crippen molar-refractivity contribution in [3.05, 3.63) is 17.5 Å². The fourth-order valence-electron chi connectivity index (χ4n) is 4.28. The Labute approximate surface area is 232 Å². The van der Waals surface area contributed by atoms with E-state index in [1.807, 2.05) is 0 Å². The molecule has 1 aromatic heterocycles. The second-order valence-electron chi connectivity index (χ2n) is 9.23. The molecule has 1 saturated heterocycles. The van der Waals surface area contributed by atoms with Gasteiger partial charge in [0.2, 0.25) is 5.60 Å². The third-order valence-electron chi connectivity index (χ3n) is 6.55. The number of carboxylic acids is 1. The van der Waals surface area contributed by atoms with Crippen LogP contribution in [-0.2, 0) is 55.2 Å². The number of hydrogen-bond acceptors (Lipinski definition) is 13. The van der Waals surface area contributed by atoms with Crippen LogP contribution in [0.3, 0.4) is 0 Å². The first kappa shape index (κ1) is 31.2. The minimum absolute atomic E-state index is 0.108. The van der Waals surface area contributed by atoms with E-state index < -0.39 is 70.0 Å². The van der Waals surface area contributed by atoms with Gasteiger partial charge in [0.25, 0.3) is 0 Å². The smallest absolute Gasteiger partial charge is 0.418 e. The first-order valence-electron chi connectivity index (χ1n) is 11.8. The van der Waals surface area contributed by atoms with Crippen molar-refractivity contribution in [2.24, 2.45) is 18.0 Å². The summed E-state index contributed by atoms with van der Waals surface area (Å²) in [6.45, 7) is 4.14. The number of rotatable bonds is 9. The lowest BCUT2D eigenvalue weighted by molar-refractivity contribution is -0.191. The number of carbonyl (C=O) groups excluding carboxylic acids is 4. The Balaban J connectivity index is 1.74. The van der Waals surface area contributed by atoms with E-state index in [2.05, 4.69) is 19.9 Å². The average Bonchev–Trinajstić information content (AvgIpc) is 3.37. The molecule has 2 bridgehead atoms. The van der Waals surface area contributed by atoms with Crippen LogP contribution in [-0.4, -0.2) is 98.9 Å². The maximum Gasteiger partial charge on any atom is 0.418 e. The number of nitrogens with one attached hydrogen (secondary N) is 1. The zero-order valence-electron chi connectivity index (χ0n) is 22.6. The van der Waals surface area contributed by atoms with Gasteiger partial charge < -0.3 is 24.3 Å². The molecule has 1 fully saturated rings. The summed E-state index contributed by atoms with van der Waals surface area (Å²) < 4.78 is 47.5. The predicted molar refractivity (Wildman–Crippen MR) is 130 cm³/mol. The summed E-state index contributed by atoms with van der Waals surface area (Å²) in [6.07, 6.45) is -0.215. The lowest BCUT2D eigenvalue weighted by atomic mass is 9.90. The fraction of sp³-hybridized carbons (Fsp3) is 0.571. The molecular weight excluding hydrogens is 576 g/mol. The number of urea groups is 1. The molecule has 0 aliphatic carbocycles. The number of carboxylic acid groups (broad SMARTS) is 1. The Kier molecular flexibility index (Phi) is 8.60. The summed E-state index contributed by atoms with van der Waals surface area (Å²) in [5.41, 5.74) is 0.746. The van der Waals surface area contributed by atoms with Gasteiger partial charge >= 0.3 is 40.3 Å². The van der Waals surface area contributed by atoms with Crippen molar-refractivity contribution < 1.29 is 60.6 Å². The molecule has 0 spiro atoms. The molecule has 226 valence electrons. The highest BCUT2D eigenvalue weighted by molar-refractivity contribution is 7.80. The Morgan fingerprint density at radius 1 is 1.24 bits per heavy atom. The quantitative estimate of drug-likeness (QED) is 0.0767. The second-order valence-corrected chi connectivity index (χ2v) is 10.2. The largest absolute Gasteiger partial charge is 0.478 e. The van der Waals surface area contributed by atoms with Crippen molar-refractivity contribution in [3.8, 4) is 0 Å². The van der Waals surface area contributed by atoms with E-state index >= 15 is 0 Å². The molecule has 3 heterocycles. The molecule has 0 aromatic carbocycles. The zero-order chi connectivity index (χ0) is 31.0. The van der Waals surface area contributed by atoms with Crippen LogP contribution in [0.15, 0.2) is 11.2 Å². The van der Waals surface area contributed by atoms with Gasteiger partial charge in [0, 0.05) is 26.6 Å². The number of aliphatic carboxylic acids is 1. The van der Waals surface area contributed by atoms with Gasteiger partial charge in [0.15, 0.2) is 11.9 Å². The predicted octanol–water partition coefficient (Wildman–Crippen LogP) is -0.962. The fourth-order valence-corrected chi connectivity index (χ4v) is 4.65. The highest BCUT2D eigenvalue weighted by Crippen LogP contribution is 2.44. The number of aromatic nitrogens is 2. The van der Waals surface area contributed by atoms with Crippen LogP contribution in [0.1, 0.15) is 51.0 Å². The maximum atomic E-state index is 13.0. The molecule has 3 rings (SSSR count). The van der Waals surface area contributed by atoms with Gasteiger partial charge in [-0.3, -0.25) is 23.8 Å². The number of amides is 2. The molecule has 2 amide bonds. The molecule has 0 saturated carbocycles. The van der Waals surface area contributed by atoms with E-state index in [1.54, 1.807) is 7.05 Å².